The van der Waals surface area contributed by atoms with Gasteiger partial charge in [-0.3, -0.25) is 4.79 Å². The maximum Gasteiger partial charge on any atom is 0.251 e. The first-order valence-corrected chi connectivity index (χ1v) is 6.72. The van der Waals surface area contributed by atoms with Gasteiger partial charge < -0.3 is 10.4 Å². The van der Waals surface area contributed by atoms with Crippen molar-refractivity contribution < 1.29 is 9.90 Å². The molecule has 4 nitrogen and oxygen atoms in total. The molecule has 2 aromatic rings. The van der Waals surface area contributed by atoms with Crippen LogP contribution < -0.4 is 5.32 Å². The van der Waals surface area contributed by atoms with E-state index in [2.05, 4.69) is 5.32 Å². The van der Waals surface area contributed by atoms with Crippen LogP contribution in [0.3, 0.4) is 0 Å². The molecule has 2 aromatic carbocycles. The maximum absolute atomic E-state index is 11.9. The number of nitrogens with one attached hydrogen (secondary N) is 1. The molecule has 0 radical (unpaired) electrons. The number of aliphatic hydroxyl groups excluding tert-OH is 1. The summed E-state index contributed by atoms with van der Waals surface area (Å²) >= 11 is 0. The summed E-state index contributed by atoms with van der Waals surface area (Å²) in [7, 11) is 0. The van der Waals surface area contributed by atoms with Gasteiger partial charge in [-0.25, -0.2) is 0 Å². The smallest absolute Gasteiger partial charge is 0.251 e. The molecule has 1 atom stereocenters. The van der Waals surface area contributed by atoms with E-state index in [0.29, 0.717) is 24.1 Å². The lowest BCUT2D eigenvalue weighted by Gasteiger charge is -2.11. The van der Waals surface area contributed by atoms with Gasteiger partial charge in [0, 0.05) is 12.1 Å². The second-order valence-corrected chi connectivity index (χ2v) is 4.66. The first-order valence-electron chi connectivity index (χ1n) is 6.72. The molecular weight excluding hydrogens is 264 g/mol. The fourth-order valence-electron chi connectivity index (χ4n) is 1.96. The number of nitrogens with zero attached hydrogens (tertiary/aromatic N) is 1. The van der Waals surface area contributed by atoms with Gasteiger partial charge in [-0.15, -0.1) is 0 Å². The summed E-state index contributed by atoms with van der Waals surface area (Å²) < 4.78 is 0. The van der Waals surface area contributed by atoms with E-state index in [1.807, 2.05) is 36.4 Å². The van der Waals surface area contributed by atoms with Crippen LogP contribution in [0.2, 0.25) is 0 Å². The average molecular weight is 280 g/mol. The van der Waals surface area contributed by atoms with Crippen molar-refractivity contribution in [3.8, 4) is 6.07 Å². The average Bonchev–Trinajstić information content (AvgIpc) is 2.55. The number of rotatable bonds is 5. The third-order valence-corrected chi connectivity index (χ3v) is 3.16. The molecule has 4 heteroatoms. The Bertz CT molecular complexity index is 630. The standard InChI is InChI=1S/C17H16N2O2/c18-12-13-6-8-15(9-7-13)17(21)19-11-10-16(20)14-4-2-1-3-5-14/h1-9,16,20H,10-11H2,(H,19,21). The van der Waals surface area contributed by atoms with E-state index in [1.165, 1.54) is 0 Å². The fraction of sp³-hybridized carbons (Fsp3) is 0.176. The summed E-state index contributed by atoms with van der Waals surface area (Å²) in [6, 6.07) is 17.8. The zero-order valence-electron chi connectivity index (χ0n) is 11.5. The molecule has 0 spiro atoms. The molecule has 106 valence electrons. The number of hydrogen-bond acceptors (Lipinski definition) is 3. The Hall–Kier alpha value is -2.64. The Morgan fingerprint density at radius 2 is 1.81 bits per heavy atom. The van der Waals surface area contributed by atoms with Crippen molar-refractivity contribution in [1.29, 1.82) is 5.26 Å². The van der Waals surface area contributed by atoms with Crippen molar-refractivity contribution in [2.24, 2.45) is 0 Å². The van der Waals surface area contributed by atoms with Crippen LogP contribution in [-0.2, 0) is 0 Å². The lowest BCUT2D eigenvalue weighted by atomic mass is 10.1. The number of carbonyl (C=O) groups excluding carboxylic acids is 1. The van der Waals surface area contributed by atoms with Gasteiger partial charge in [0.25, 0.3) is 5.91 Å². The van der Waals surface area contributed by atoms with Crippen molar-refractivity contribution in [2.45, 2.75) is 12.5 Å². The van der Waals surface area contributed by atoms with Gasteiger partial charge in [-0.1, -0.05) is 30.3 Å². The highest BCUT2D eigenvalue weighted by Crippen LogP contribution is 2.15. The van der Waals surface area contributed by atoms with Crippen LogP contribution >= 0.6 is 0 Å². The summed E-state index contributed by atoms with van der Waals surface area (Å²) in [5.41, 5.74) is 1.86. The van der Waals surface area contributed by atoms with Crippen LogP contribution in [0.25, 0.3) is 0 Å². The van der Waals surface area contributed by atoms with Crippen LogP contribution in [0, 0.1) is 11.3 Å². The van der Waals surface area contributed by atoms with E-state index in [1.54, 1.807) is 24.3 Å². The number of aliphatic hydroxyl groups is 1. The van der Waals surface area contributed by atoms with Crippen LogP contribution in [0.15, 0.2) is 54.6 Å². The second kappa shape index (κ2) is 7.22. The van der Waals surface area contributed by atoms with Crippen molar-refractivity contribution >= 4 is 5.91 Å². The second-order valence-electron chi connectivity index (χ2n) is 4.66. The van der Waals surface area contributed by atoms with Crippen LogP contribution in [0.4, 0.5) is 0 Å². The van der Waals surface area contributed by atoms with Gasteiger partial charge in [-0.2, -0.15) is 5.26 Å². The monoisotopic (exact) mass is 280 g/mol. The van der Waals surface area contributed by atoms with Gasteiger partial charge in [-0.05, 0) is 36.2 Å². The Kier molecular flexibility index (Phi) is 5.08. The lowest BCUT2D eigenvalue weighted by molar-refractivity contribution is 0.0942. The largest absolute Gasteiger partial charge is 0.388 e. The van der Waals surface area contributed by atoms with E-state index in [0.717, 1.165) is 5.56 Å². The third kappa shape index (κ3) is 4.16. The molecule has 0 heterocycles. The quantitative estimate of drug-likeness (QED) is 0.883. The molecule has 0 bridgehead atoms. The lowest BCUT2D eigenvalue weighted by Crippen LogP contribution is -2.25. The Balaban J connectivity index is 1.83. The number of hydrogen-bond donors (Lipinski definition) is 2. The van der Waals surface area contributed by atoms with Crippen LogP contribution in [0.1, 0.15) is 34.0 Å². The number of nitriles is 1. The fourth-order valence-corrected chi connectivity index (χ4v) is 1.96. The molecule has 1 amide bonds. The summed E-state index contributed by atoms with van der Waals surface area (Å²) in [6.45, 7) is 0.384. The third-order valence-electron chi connectivity index (χ3n) is 3.16. The van der Waals surface area contributed by atoms with E-state index < -0.39 is 6.10 Å². The zero-order valence-corrected chi connectivity index (χ0v) is 11.5. The zero-order chi connectivity index (χ0) is 15.1. The van der Waals surface area contributed by atoms with Crippen molar-refractivity contribution in [3.05, 3.63) is 71.3 Å². The summed E-state index contributed by atoms with van der Waals surface area (Å²) in [6.07, 6.45) is -0.140. The Morgan fingerprint density at radius 1 is 1.14 bits per heavy atom. The van der Waals surface area contributed by atoms with Crippen molar-refractivity contribution in [1.82, 2.24) is 5.32 Å². The van der Waals surface area contributed by atoms with Crippen molar-refractivity contribution in [2.75, 3.05) is 6.54 Å². The summed E-state index contributed by atoms with van der Waals surface area (Å²) in [5, 5.41) is 21.4. The predicted octanol–water partition coefficient (Wildman–Crippen LogP) is 2.41. The predicted molar refractivity (Wildman–Crippen MR) is 79.5 cm³/mol. The molecule has 0 fully saturated rings. The molecule has 0 aliphatic heterocycles. The molecular formula is C17H16N2O2. The Labute approximate surface area is 123 Å². The molecule has 0 aromatic heterocycles. The maximum atomic E-state index is 11.9. The van der Waals surface area contributed by atoms with Crippen molar-refractivity contribution in [3.63, 3.8) is 0 Å². The van der Waals surface area contributed by atoms with E-state index in [9.17, 15) is 9.90 Å². The number of carbonyl (C=O) groups is 1. The molecule has 0 aliphatic carbocycles. The normalized spacial score (nSPS) is 11.4. The van der Waals surface area contributed by atoms with Gasteiger partial charge >= 0.3 is 0 Å². The minimum atomic E-state index is -0.590. The first kappa shape index (κ1) is 14.8. The molecule has 2 rings (SSSR count). The van der Waals surface area contributed by atoms with Gasteiger partial charge in [0.15, 0.2) is 0 Å². The highest BCUT2D eigenvalue weighted by molar-refractivity contribution is 5.94. The summed E-state index contributed by atoms with van der Waals surface area (Å²) in [5.74, 6) is -0.209. The van der Waals surface area contributed by atoms with Gasteiger partial charge in [0.1, 0.15) is 0 Å². The molecule has 1 unspecified atom stereocenters. The minimum absolute atomic E-state index is 0.209. The highest BCUT2D eigenvalue weighted by atomic mass is 16.3. The SMILES string of the molecule is N#Cc1ccc(C(=O)NCCC(O)c2ccccc2)cc1. The molecule has 0 aliphatic rings. The first-order chi connectivity index (χ1) is 10.2. The van der Waals surface area contributed by atoms with Gasteiger partial charge in [0.05, 0.1) is 17.7 Å². The molecule has 0 saturated carbocycles. The van der Waals surface area contributed by atoms with Crippen LogP contribution in [-0.4, -0.2) is 17.6 Å². The molecule has 2 N–H and O–H groups in total. The number of benzene rings is 2. The molecule has 21 heavy (non-hydrogen) atoms. The Morgan fingerprint density at radius 3 is 2.43 bits per heavy atom. The topological polar surface area (TPSA) is 73.1 Å². The van der Waals surface area contributed by atoms with Crippen LogP contribution in [0.5, 0.6) is 0 Å². The van der Waals surface area contributed by atoms with Gasteiger partial charge in [0.2, 0.25) is 0 Å². The molecule has 0 saturated heterocycles. The van der Waals surface area contributed by atoms with E-state index >= 15 is 0 Å². The highest BCUT2D eigenvalue weighted by Gasteiger charge is 2.09. The number of amides is 1. The van der Waals surface area contributed by atoms with E-state index in [4.69, 9.17) is 5.26 Å². The summed E-state index contributed by atoms with van der Waals surface area (Å²) in [4.78, 5) is 11.9. The van der Waals surface area contributed by atoms with E-state index in [-0.39, 0.29) is 5.91 Å². The minimum Gasteiger partial charge on any atom is -0.388 e.